The third kappa shape index (κ3) is 4.52. The molecule has 0 fully saturated rings. The van der Waals surface area contributed by atoms with Crippen molar-refractivity contribution in [2.45, 2.75) is 18.2 Å². The second-order valence-electron chi connectivity index (χ2n) is 7.16. The van der Waals surface area contributed by atoms with Crippen LogP contribution in [0.5, 0.6) is 0 Å². The standard InChI is InChI=1S/C23H17ClN4O3S2/c24-17-8-2-1-5-14(17)12-28-22(30)20-19(16-7-3-9-25-21(16)33-20)27-23(28)32-13-18(29)26-11-15-6-4-10-31-15/h1-10H,11-13H2,(H,26,29). The molecule has 1 amide bonds. The van der Waals surface area contributed by atoms with Gasteiger partial charge in [0.15, 0.2) is 5.16 Å². The third-order valence-corrected chi connectivity index (χ3v) is 7.41. The van der Waals surface area contributed by atoms with E-state index in [1.807, 2.05) is 30.3 Å². The number of nitrogens with zero attached hydrogens (tertiary/aromatic N) is 3. The summed E-state index contributed by atoms with van der Waals surface area (Å²) in [6, 6.07) is 14.6. The number of amides is 1. The molecule has 7 nitrogen and oxygen atoms in total. The lowest BCUT2D eigenvalue weighted by Crippen LogP contribution is -2.26. The number of hydrogen-bond donors (Lipinski definition) is 1. The molecule has 0 atom stereocenters. The summed E-state index contributed by atoms with van der Waals surface area (Å²) in [6.45, 7) is 0.547. The van der Waals surface area contributed by atoms with Gasteiger partial charge in [-0.15, -0.1) is 11.3 Å². The fourth-order valence-corrected chi connectivity index (χ4v) is 5.42. The monoisotopic (exact) mass is 496 g/mol. The normalized spacial score (nSPS) is 11.3. The molecule has 166 valence electrons. The summed E-state index contributed by atoms with van der Waals surface area (Å²) >= 11 is 8.88. The van der Waals surface area contributed by atoms with Gasteiger partial charge in [0.2, 0.25) is 5.91 Å². The van der Waals surface area contributed by atoms with E-state index in [2.05, 4.69) is 10.3 Å². The van der Waals surface area contributed by atoms with Crippen LogP contribution in [0.1, 0.15) is 11.3 Å². The van der Waals surface area contributed by atoms with Gasteiger partial charge in [0.25, 0.3) is 5.56 Å². The summed E-state index contributed by atoms with van der Waals surface area (Å²) in [5.74, 6) is 0.578. The molecule has 0 spiro atoms. The molecule has 33 heavy (non-hydrogen) atoms. The maximum Gasteiger partial charge on any atom is 0.272 e. The number of nitrogens with one attached hydrogen (secondary N) is 1. The van der Waals surface area contributed by atoms with E-state index < -0.39 is 0 Å². The molecule has 0 saturated heterocycles. The van der Waals surface area contributed by atoms with E-state index in [1.54, 1.807) is 35.2 Å². The number of fused-ring (bicyclic) bond motifs is 3. The number of hydrogen-bond acceptors (Lipinski definition) is 7. The molecule has 0 unspecified atom stereocenters. The zero-order valence-corrected chi connectivity index (χ0v) is 19.5. The topological polar surface area (TPSA) is 90.0 Å². The molecule has 5 rings (SSSR count). The second kappa shape index (κ2) is 9.38. The van der Waals surface area contributed by atoms with Crippen molar-refractivity contribution in [3.05, 3.63) is 87.7 Å². The van der Waals surface area contributed by atoms with E-state index in [4.69, 9.17) is 21.0 Å². The van der Waals surface area contributed by atoms with E-state index in [1.165, 1.54) is 23.1 Å². The van der Waals surface area contributed by atoms with E-state index in [9.17, 15) is 9.59 Å². The van der Waals surface area contributed by atoms with Crippen molar-refractivity contribution in [2.24, 2.45) is 0 Å². The first-order valence-electron chi connectivity index (χ1n) is 10.0. The van der Waals surface area contributed by atoms with Crippen LogP contribution in [0.2, 0.25) is 5.02 Å². The summed E-state index contributed by atoms with van der Waals surface area (Å²) in [6.07, 6.45) is 3.25. The lowest BCUT2D eigenvalue weighted by atomic mass is 10.2. The number of thioether (sulfide) groups is 1. The molecule has 4 heterocycles. The van der Waals surface area contributed by atoms with Crippen LogP contribution < -0.4 is 10.9 Å². The Kier molecular flexibility index (Phi) is 6.17. The molecule has 10 heteroatoms. The highest BCUT2D eigenvalue weighted by Crippen LogP contribution is 2.31. The number of carbonyl (C=O) groups excluding carboxylic acids is 1. The molecular formula is C23H17ClN4O3S2. The Morgan fingerprint density at radius 1 is 1.18 bits per heavy atom. The summed E-state index contributed by atoms with van der Waals surface area (Å²) in [7, 11) is 0. The van der Waals surface area contributed by atoms with Gasteiger partial charge in [0.1, 0.15) is 15.3 Å². The number of furan rings is 1. The first-order valence-corrected chi connectivity index (χ1v) is 12.2. The first-order chi connectivity index (χ1) is 16.1. The Balaban J connectivity index is 1.50. The molecule has 0 bridgehead atoms. The van der Waals surface area contributed by atoms with Gasteiger partial charge in [-0.2, -0.15) is 0 Å². The minimum Gasteiger partial charge on any atom is -0.467 e. The van der Waals surface area contributed by atoms with Crippen molar-refractivity contribution in [2.75, 3.05) is 5.75 Å². The van der Waals surface area contributed by atoms with Crippen molar-refractivity contribution < 1.29 is 9.21 Å². The van der Waals surface area contributed by atoms with Crippen LogP contribution >= 0.6 is 34.7 Å². The number of rotatable bonds is 7. The second-order valence-corrected chi connectivity index (χ2v) is 9.51. The van der Waals surface area contributed by atoms with E-state index in [-0.39, 0.29) is 23.8 Å². The van der Waals surface area contributed by atoms with Crippen molar-refractivity contribution in [1.82, 2.24) is 19.9 Å². The lowest BCUT2D eigenvalue weighted by molar-refractivity contribution is -0.118. The molecule has 1 N–H and O–H groups in total. The Hall–Kier alpha value is -3.14. The highest BCUT2D eigenvalue weighted by molar-refractivity contribution is 7.99. The number of halogens is 1. The third-order valence-electron chi connectivity index (χ3n) is 4.98. The van der Waals surface area contributed by atoms with Crippen molar-refractivity contribution >= 4 is 61.0 Å². The van der Waals surface area contributed by atoms with Crippen LogP contribution in [0.3, 0.4) is 0 Å². The number of benzene rings is 1. The molecule has 0 aliphatic rings. The molecular weight excluding hydrogens is 480 g/mol. The summed E-state index contributed by atoms with van der Waals surface area (Å²) in [5.41, 5.74) is 1.22. The number of aromatic nitrogens is 3. The highest BCUT2D eigenvalue weighted by Gasteiger charge is 2.18. The van der Waals surface area contributed by atoms with E-state index >= 15 is 0 Å². The van der Waals surface area contributed by atoms with E-state index in [0.717, 1.165) is 15.8 Å². The largest absolute Gasteiger partial charge is 0.467 e. The molecule has 4 aromatic heterocycles. The predicted molar refractivity (Wildman–Crippen MR) is 131 cm³/mol. The summed E-state index contributed by atoms with van der Waals surface area (Å²) in [4.78, 5) is 35.8. The van der Waals surface area contributed by atoms with Crippen molar-refractivity contribution in [3.8, 4) is 0 Å². The van der Waals surface area contributed by atoms with Crippen LogP contribution in [0.15, 0.2) is 75.4 Å². The average molecular weight is 497 g/mol. The number of carbonyl (C=O) groups is 1. The van der Waals surface area contributed by atoms with Crippen molar-refractivity contribution in [3.63, 3.8) is 0 Å². The summed E-state index contributed by atoms with van der Waals surface area (Å²) in [5, 5.41) is 4.65. The fraction of sp³-hybridized carbons (Fsp3) is 0.130. The van der Waals surface area contributed by atoms with Crippen LogP contribution in [0.4, 0.5) is 0 Å². The van der Waals surface area contributed by atoms with Crippen LogP contribution in [0.25, 0.3) is 20.4 Å². The van der Waals surface area contributed by atoms with Gasteiger partial charge in [-0.25, -0.2) is 9.97 Å². The van der Waals surface area contributed by atoms with Crippen LogP contribution in [-0.4, -0.2) is 26.2 Å². The van der Waals surface area contributed by atoms with Gasteiger partial charge in [-0.1, -0.05) is 41.6 Å². The van der Waals surface area contributed by atoms with Crippen LogP contribution in [0, 0.1) is 0 Å². The molecule has 1 aromatic carbocycles. The molecule has 0 saturated carbocycles. The van der Waals surface area contributed by atoms with Gasteiger partial charge >= 0.3 is 0 Å². The van der Waals surface area contributed by atoms with Gasteiger partial charge in [-0.3, -0.25) is 14.2 Å². The maximum absolute atomic E-state index is 13.5. The van der Waals surface area contributed by atoms with Crippen molar-refractivity contribution in [1.29, 1.82) is 0 Å². The average Bonchev–Trinajstić information content (AvgIpc) is 3.48. The Morgan fingerprint density at radius 2 is 2.06 bits per heavy atom. The predicted octanol–water partition coefficient (Wildman–Crippen LogP) is 4.71. The van der Waals surface area contributed by atoms with Gasteiger partial charge < -0.3 is 9.73 Å². The van der Waals surface area contributed by atoms with Gasteiger partial charge in [0, 0.05) is 16.6 Å². The smallest absolute Gasteiger partial charge is 0.272 e. The maximum atomic E-state index is 13.5. The van der Waals surface area contributed by atoms with E-state index in [0.29, 0.717) is 32.7 Å². The fourth-order valence-electron chi connectivity index (χ4n) is 3.37. The molecule has 0 radical (unpaired) electrons. The minimum absolute atomic E-state index is 0.0987. The molecule has 5 aromatic rings. The Labute approximate surface area is 201 Å². The highest BCUT2D eigenvalue weighted by atomic mass is 35.5. The lowest BCUT2D eigenvalue weighted by Gasteiger charge is -2.13. The number of pyridine rings is 1. The quantitative estimate of drug-likeness (QED) is 0.259. The Bertz CT molecular complexity index is 1510. The first kappa shape index (κ1) is 21.7. The minimum atomic E-state index is -0.188. The number of thiophene rings is 1. The Morgan fingerprint density at radius 3 is 2.88 bits per heavy atom. The zero-order valence-electron chi connectivity index (χ0n) is 17.2. The molecule has 0 aliphatic heterocycles. The van der Waals surface area contributed by atoms with Gasteiger partial charge in [-0.05, 0) is 35.9 Å². The van der Waals surface area contributed by atoms with Crippen LogP contribution in [-0.2, 0) is 17.9 Å². The summed E-state index contributed by atoms with van der Waals surface area (Å²) < 4.78 is 7.35. The zero-order chi connectivity index (χ0) is 22.8. The SMILES string of the molecule is O=C(CSc1nc2c(sc3ncccc32)c(=O)n1Cc1ccccc1Cl)NCc1ccco1. The van der Waals surface area contributed by atoms with Gasteiger partial charge in [0.05, 0.1) is 30.6 Å². The molecule has 0 aliphatic carbocycles.